The average molecular weight is 792 g/mol. The first-order chi connectivity index (χ1) is 28.0. The molecular formula is C45H57N7O6. The minimum Gasteiger partial charge on any atom is -0.449 e. The second-order valence-electron chi connectivity index (χ2n) is 14.3. The Bertz CT molecular complexity index is 1900. The first-order valence-corrected chi connectivity index (χ1v) is 19.7. The number of carbonyl (C=O) groups excluding carboxylic acids is 5. The fourth-order valence-electron chi connectivity index (χ4n) is 7.10. The van der Waals surface area contributed by atoms with Crippen LogP contribution in [0.2, 0.25) is 0 Å². The van der Waals surface area contributed by atoms with E-state index in [4.69, 9.17) is 4.74 Å². The molecule has 1 aliphatic rings. The van der Waals surface area contributed by atoms with Crippen molar-refractivity contribution in [2.24, 2.45) is 10.9 Å². The van der Waals surface area contributed by atoms with Crippen LogP contribution in [0, 0.1) is 5.92 Å². The molecule has 13 heteroatoms. The molecule has 3 aromatic rings. The van der Waals surface area contributed by atoms with Crippen LogP contribution in [0.3, 0.4) is 0 Å². The summed E-state index contributed by atoms with van der Waals surface area (Å²) in [6, 6.07) is 22.8. The van der Waals surface area contributed by atoms with E-state index in [1.165, 1.54) is 12.2 Å². The van der Waals surface area contributed by atoms with Crippen LogP contribution in [-0.2, 0) is 23.9 Å². The Hall–Kier alpha value is -6.24. The number of nitrogens with zero attached hydrogens (tertiary/aromatic N) is 1. The normalized spacial score (nSPS) is 14.5. The summed E-state index contributed by atoms with van der Waals surface area (Å²) in [4.78, 5) is 72.6. The third kappa shape index (κ3) is 11.7. The summed E-state index contributed by atoms with van der Waals surface area (Å²) in [5.74, 6) is -2.38. The van der Waals surface area contributed by atoms with Gasteiger partial charge in [0.05, 0.1) is 0 Å². The van der Waals surface area contributed by atoms with Gasteiger partial charge in [0.25, 0.3) is 0 Å². The van der Waals surface area contributed by atoms with Crippen molar-refractivity contribution in [3.63, 3.8) is 0 Å². The number of ketones is 1. The van der Waals surface area contributed by atoms with E-state index in [-0.39, 0.29) is 44.8 Å². The quantitative estimate of drug-likeness (QED) is 0.0375. The zero-order valence-corrected chi connectivity index (χ0v) is 33.9. The van der Waals surface area contributed by atoms with Crippen molar-refractivity contribution in [1.82, 2.24) is 31.9 Å². The number of rotatable bonds is 21. The second-order valence-corrected chi connectivity index (χ2v) is 14.3. The van der Waals surface area contributed by atoms with Crippen molar-refractivity contribution in [2.75, 3.05) is 33.8 Å². The molecule has 0 spiro atoms. The van der Waals surface area contributed by atoms with Crippen molar-refractivity contribution >= 4 is 35.6 Å². The number of hydrogen-bond acceptors (Lipinski definition) is 7. The Morgan fingerprint density at radius 2 is 1.48 bits per heavy atom. The predicted molar refractivity (Wildman–Crippen MR) is 227 cm³/mol. The fourth-order valence-corrected chi connectivity index (χ4v) is 7.10. The number of benzene rings is 3. The first kappa shape index (κ1) is 44.5. The Morgan fingerprint density at radius 3 is 2.07 bits per heavy atom. The number of nitrogens with one attached hydrogen (secondary N) is 6. The average Bonchev–Trinajstić information content (AvgIpc) is 3.56. The van der Waals surface area contributed by atoms with Crippen molar-refractivity contribution in [3.8, 4) is 11.1 Å². The number of fused-ring (bicyclic) bond motifs is 3. The number of aliphatic imine (C=N–C) groups is 1. The molecule has 3 aromatic carbocycles. The molecule has 0 fully saturated rings. The van der Waals surface area contributed by atoms with E-state index in [1.54, 1.807) is 58.3 Å². The number of carbonyl (C=O) groups is 5. The van der Waals surface area contributed by atoms with Crippen molar-refractivity contribution in [1.29, 1.82) is 0 Å². The summed E-state index contributed by atoms with van der Waals surface area (Å²) < 4.78 is 5.78. The van der Waals surface area contributed by atoms with Gasteiger partial charge in [0, 0.05) is 45.4 Å². The van der Waals surface area contributed by atoms with Crippen LogP contribution < -0.4 is 31.9 Å². The highest BCUT2D eigenvalue weighted by atomic mass is 16.5. The van der Waals surface area contributed by atoms with Gasteiger partial charge in [0.2, 0.25) is 17.7 Å². The van der Waals surface area contributed by atoms with Crippen LogP contribution in [0.1, 0.15) is 74.6 Å². The largest absolute Gasteiger partial charge is 0.449 e. The van der Waals surface area contributed by atoms with Crippen LogP contribution >= 0.6 is 0 Å². The standard InChI is InChI=1S/C45H57N7O6/c1-7-25-45(4,52-44(57)58-29-36-34-23-15-13-21-32(34)33-22-14-16-24-35(33)36)38(53)28-31(20-17-27-49-43(46-5)47-6)40(54)50-37(9-3)41(55)51-39(42(56)48-26-8-2)30-18-11-10-12-19-30/h7-8,10-16,18-19,21-24,31,36-37,39H,1-2,9,17,20,25-29H2,3-6H3,(H,48,56)(H,50,54)(H,51,55)(H,52,57)(H2,46,47,49)/t31-,37+,39-,45-/m1/s1. The molecule has 308 valence electrons. The first-order valence-electron chi connectivity index (χ1n) is 19.7. The van der Waals surface area contributed by atoms with Gasteiger partial charge in [-0.2, -0.15) is 0 Å². The molecule has 0 heterocycles. The highest BCUT2D eigenvalue weighted by Gasteiger charge is 2.38. The lowest BCUT2D eigenvalue weighted by Gasteiger charge is -2.30. The lowest BCUT2D eigenvalue weighted by molar-refractivity contribution is -0.135. The maximum atomic E-state index is 14.2. The summed E-state index contributed by atoms with van der Waals surface area (Å²) >= 11 is 0. The minimum absolute atomic E-state index is 0.0629. The summed E-state index contributed by atoms with van der Waals surface area (Å²) in [6.45, 7) is 11.5. The topological polar surface area (TPSA) is 179 Å². The molecule has 13 nitrogen and oxygen atoms in total. The van der Waals surface area contributed by atoms with Crippen LogP contribution in [0.4, 0.5) is 4.79 Å². The van der Waals surface area contributed by atoms with Crippen molar-refractivity contribution in [3.05, 3.63) is 121 Å². The van der Waals surface area contributed by atoms with Gasteiger partial charge < -0.3 is 36.6 Å². The van der Waals surface area contributed by atoms with Gasteiger partial charge in [-0.1, -0.05) is 97.9 Å². The molecule has 1 aliphatic carbocycles. The van der Waals surface area contributed by atoms with E-state index in [0.29, 0.717) is 24.5 Å². The summed E-state index contributed by atoms with van der Waals surface area (Å²) in [7, 11) is 3.37. The van der Waals surface area contributed by atoms with E-state index in [9.17, 15) is 24.0 Å². The highest BCUT2D eigenvalue weighted by molar-refractivity contribution is 5.96. The zero-order valence-electron chi connectivity index (χ0n) is 33.9. The summed E-state index contributed by atoms with van der Waals surface area (Å²) in [5.41, 5.74) is 3.42. The molecule has 0 radical (unpaired) electrons. The molecule has 0 saturated carbocycles. The lowest BCUT2D eigenvalue weighted by atomic mass is 9.84. The van der Waals surface area contributed by atoms with Gasteiger partial charge in [-0.15, -0.1) is 13.2 Å². The van der Waals surface area contributed by atoms with E-state index in [1.807, 2.05) is 48.5 Å². The summed E-state index contributed by atoms with van der Waals surface area (Å²) in [5, 5.41) is 17.2. The third-order valence-electron chi connectivity index (χ3n) is 10.3. The molecule has 0 bridgehead atoms. The molecule has 4 rings (SSSR count). The Labute approximate surface area is 341 Å². The molecule has 0 aromatic heterocycles. The van der Waals surface area contributed by atoms with Crippen molar-refractivity contribution < 1.29 is 28.7 Å². The fraction of sp³-hybridized carbons (Fsp3) is 0.378. The monoisotopic (exact) mass is 791 g/mol. The van der Waals surface area contributed by atoms with Crippen LogP contribution in [0.25, 0.3) is 11.1 Å². The van der Waals surface area contributed by atoms with Gasteiger partial charge in [-0.3, -0.25) is 24.2 Å². The Morgan fingerprint density at radius 1 is 0.845 bits per heavy atom. The van der Waals surface area contributed by atoms with E-state index >= 15 is 0 Å². The highest BCUT2D eigenvalue weighted by Crippen LogP contribution is 2.44. The smallest absolute Gasteiger partial charge is 0.407 e. The SMILES string of the molecule is C=CCNC(=O)[C@H](NC(=O)[C@H](CC)NC(=O)[C@H](CCCNC(=NC)NC)CC(=O)[C@@](C)(CC=C)NC(=O)OCC1c2ccccc2-c2ccccc21)c1ccccc1. The van der Waals surface area contributed by atoms with Gasteiger partial charge >= 0.3 is 6.09 Å². The van der Waals surface area contributed by atoms with Gasteiger partial charge in [0.1, 0.15) is 24.2 Å². The van der Waals surface area contributed by atoms with Crippen LogP contribution in [0.15, 0.2) is 109 Å². The lowest BCUT2D eigenvalue weighted by Crippen LogP contribution is -2.54. The maximum absolute atomic E-state index is 14.2. The van der Waals surface area contributed by atoms with Crippen LogP contribution in [0.5, 0.6) is 0 Å². The molecular weight excluding hydrogens is 735 g/mol. The number of hydrogen-bond donors (Lipinski definition) is 6. The Kier molecular flexibility index (Phi) is 16.8. The molecule has 6 N–H and O–H groups in total. The molecule has 0 unspecified atom stereocenters. The number of alkyl carbamates (subject to hydrolysis) is 1. The van der Waals surface area contributed by atoms with Crippen molar-refractivity contribution in [2.45, 2.75) is 69.5 Å². The second kappa shape index (κ2) is 21.9. The molecule has 0 aliphatic heterocycles. The van der Waals surface area contributed by atoms with E-state index in [0.717, 1.165) is 22.3 Å². The predicted octanol–water partition coefficient (Wildman–Crippen LogP) is 5.06. The number of amides is 4. The Balaban J connectivity index is 1.48. The van der Waals surface area contributed by atoms with Gasteiger partial charge in [-0.25, -0.2) is 4.79 Å². The number of guanidine groups is 1. The zero-order chi connectivity index (χ0) is 42.1. The van der Waals surface area contributed by atoms with E-state index < -0.39 is 53.1 Å². The number of Topliss-reactive ketones (excluding diaryl/α,β-unsaturated/α-hetero) is 1. The maximum Gasteiger partial charge on any atom is 0.407 e. The summed E-state index contributed by atoms with van der Waals surface area (Å²) in [6.07, 6.45) is 3.11. The molecule has 0 saturated heterocycles. The number of ether oxygens (including phenoxy) is 1. The van der Waals surface area contributed by atoms with E-state index in [2.05, 4.69) is 50.1 Å². The van der Waals surface area contributed by atoms with Gasteiger partial charge in [-0.05, 0) is 60.4 Å². The van der Waals surface area contributed by atoms with Crippen LogP contribution in [-0.4, -0.2) is 80.9 Å². The third-order valence-corrected chi connectivity index (χ3v) is 10.3. The molecule has 4 amide bonds. The molecule has 4 atom stereocenters. The molecule has 58 heavy (non-hydrogen) atoms. The minimum atomic E-state index is -1.45. The van der Waals surface area contributed by atoms with Gasteiger partial charge in [0.15, 0.2) is 11.7 Å².